The molecule has 0 bridgehead atoms. The fourth-order valence-electron chi connectivity index (χ4n) is 1.64. The molecule has 0 amide bonds. The second-order valence-electron chi connectivity index (χ2n) is 3.47. The first-order chi connectivity index (χ1) is 6.18. The molecule has 0 spiro atoms. The first kappa shape index (κ1) is 8.72. The van der Waals surface area contributed by atoms with Gasteiger partial charge in [-0.25, -0.2) is 4.39 Å². The van der Waals surface area contributed by atoms with E-state index in [1.165, 1.54) is 12.1 Å². The van der Waals surface area contributed by atoms with Crippen molar-refractivity contribution < 1.29 is 14.4 Å². The van der Waals surface area contributed by atoms with Gasteiger partial charge in [0, 0.05) is 5.82 Å². The fraction of sp³-hybridized carbons (Fsp3) is 0.333. The van der Waals surface area contributed by atoms with Crippen molar-refractivity contribution in [2.45, 2.75) is 18.2 Å². The first-order valence-electron chi connectivity index (χ1n) is 4.30. The molecule has 2 atom stereocenters. The molecule has 1 aliphatic carbocycles. The van der Waals surface area contributed by atoms with E-state index in [0.29, 0.717) is 0 Å². The van der Waals surface area contributed by atoms with Crippen LogP contribution < -0.4 is 0 Å². The Bertz CT molecular complexity index is 299. The zero-order chi connectivity index (χ0) is 9.42. The van der Waals surface area contributed by atoms with Gasteiger partial charge in [0.2, 0.25) is 0 Å². The van der Waals surface area contributed by atoms with E-state index in [2.05, 4.69) is 0 Å². The topological polar surface area (TPSA) is 40.5 Å². The van der Waals surface area contributed by atoms with E-state index in [-0.39, 0.29) is 17.6 Å². The van der Waals surface area contributed by atoms with Crippen molar-refractivity contribution in [1.29, 1.82) is 0 Å². The largest absolute Gasteiger partial charge is 0.455 e. The highest BCUT2D eigenvalue weighted by atomic mass is 19.1. The monoisotopic (exact) mass is 180 g/mol. The lowest BCUT2D eigenvalue weighted by atomic mass is 9.81. The van der Waals surface area contributed by atoms with E-state index in [1.807, 2.05) is 0 Å². The molecule has 4 heteroatoms. The summed E-state index contributed by atoms with van der Waals surface area (Å²) in [6, 6.07) is 6.19. The highest BCUT2D eigenvalue weighted by Gasteiger charge is 2.46. The van der Waals surface area contributed by atoms with Gasteiger partial charge in [-0.15, -0.1) is 0 Å². The van der Waals surface area contributed by atoms with Crippen LogP contribution in [-0.4, -0.2) is 17.2 Å². The molecule has 68 valence electrons. The number of rotatable bonds is 2. The molecule has 1 aromatic rings. The fourth-order valence-corrected chi connectivity index (χ4v) is 1.64. The molecule has 1 aromatic carbocycles. The number of benzene rings is 1. The van der Waals surface area contributed by atoms with Crippen LogP contribution in [0.2, 0.25) is 5.82 Å². The van der Waals surface area contributed by atoms with Crippen molar-refractivity contribution >= 4 is 7.12 Å². The van der Waals surface area contributed by atoms with Gasteiger partial charge < -0.3 is 10.0 Å². The SMILES string of the molecule is OB(O)[C@@H]1C[C@@H]1c1ccc(F)cc1. The molecular formula is C9H10BFO2. The van der Waals surface area contributed by atoms with E-state index < -0.39 is 7.12 Å². The third-order valence-corrected chi connectivity index (χ3v) is 2.52. The van der Waals surface area contributed by atoms with Gasteiger partial charge in [-0.1, -0.05) is 12.1 Å². The summed E-state index contributed by atoms with van der Waals surface area (Å²) in [6.07, 6.45) is 0.781. The molecule has 1 aliphatic rings. The van der Waals surface area contributed by atoms with Gasteiger partial charge in [0.25, 0.3) is 0 Å². The zero-order valence-electron chi connectivity index (χ0n) is 7.02. The summed E-state index contributed by atoms with van der Waals surface area (Å²) < 4.78 is 12.5. The predicted octanol–water partition coefficient (Wildman–Crippen LogP) is 1.16. The van der Waals surface area contributed by atoms with Gasteiger partial charge >= 0.3 is 7.12 Å². The van der Waals surface area contributed by atoms with Gasteiger partial charge in [-0.3, -0.25) is 0 Å². The summed E-state index contributed by atoms with van der Waals surface area (Å²) in [6.45, 7) is 0. The Hall–Kier alpha value is -0.865. The van der Waals surface area contributed by atoms with Crippen molar-refractivity contribution in [2.75, 3.05) is 0 Å². The maximum atomic E-state index is 12.5. The highest BCUT2D eigenvalue weighted by molar-refractivity contribution is 6.44. The summed E-state index contributed by atoms with van der Waals surface area (Å²) in [5.74, 6) is -0.128. The molecule has 0 saturated heterocycles. The van der Waals surface area contributed by atoms with Gasteiger partial charge in [-0.05, 0) is 30.0 Å². The maximum absolute atomic E-state index is 12.5. The van der Waals surface area contributed by atoms with E-state index in [9.17, 15) is 4.39 Å². The molecule has 0 radical (unpaired) electrons. The summed E-state index contributed by atoms with van der Waals surface area (Å²) in [7, 11) is -1.24. The van der Waals surface area contributed by atoms with Crippen LogP contribution in [0.1, 0.15) is 17.9 Å². The Morgan fingerprint density at radius 3 is 2.31 bits per heavy atom. The molecular weight excluding hydrogens is 170 g/mol. The van der Waals surface area contributed by atoms with E-state index in [0.717, 1.165) is 12.0 Å². The number of halogens is 1. The van der Waals surface area contributed by atoms with Crippen molar-refractivity contribution in [3.63, 3.8) is 0 Å². The van der Waals surface area contributed by atoms with Crippen LogP contribution in [0.5, 0.6) is 0 Å². The second-order valence-corrected chi connectivity index (χ2v) is 3.47. The average Bonchev–Trinajstić information content (AvgIpc) is 2.85. The summed E-state index contributed by atoms with van der Waals surface area (Å²) >= 11 is 0. The van der Waals surface area contributed by atoms with Crippen LogP contribution >= 0.6 is 0 Å². The highest BCUT2D eigenvalue weighted by Crippen LogP contribution is 2.53. The van der Waals surface area contributed by atoms with Gasteiger partial charge in [0.1, 0.15) is 5.82 Å². The quantitative estimate of drug-likeness (QED) is 0.670. The number of hydrogen-bond donors (Lipinski definition) is 2. The maximum Gasteiger partial charge on any atom is 0.455 e. The molecule has 0 aromatic heterocycles. The van der Waals surface area contributed by atoms with E-state index in [1.54, 1.807) is 12.1 Å². The zero-order valence-corrected chi connectivity index (χ0v) is 7.02. The van der Waals surface area contributed by atoms with E-state index >= 15 is 0 Å². The molecule has 1 saturated carbocycles. The summed E-state index contributed by atoms with van der Waals surface area (Å²) in [5.41, 5.74) is 0.986. The second kappa shape index (κ2) is 3.12. The summed E-state index contributed by atoms with van der Waals surface area (Å²) in [4.78, 5) is 0. The first-order valence-corrected chi connectivity index (χ1v) is 4.30. The smallest absolute Gasteiger partial charge is 0.427 e. The normalized spacial score (nSPS) is 25.8. The lowest BCUT2D eigenvalue weighted by Gasteiger charge is -1.99. The summed E-state index contributed by atoms with van der Waals surface area (Å²) in [5, 5.41) is 17.7. The van der Waals surface area contributed by atoms with Crippen LogP contribution in [0.15, 0.2) is 24.3 Å². The molecule has 2 rings (SSSR count). The third-order valence-electron chi connectivity index (χ3n) is 2.52. The molecule has 0 aliphatic heterocycles. The predicted molar refractivity (Wildman–Crippen MR) is 47.7 cm³/mol. The van der Waals surface area contributed by atoms with Crippen LogP contribution in [0, 0.1) is 5.82 Å². The van der Waals surface area contributed by atoms with Crippen molar-refractivity contribution in [2.24, 2.45) is 0 Å². The molecule has 13 heavy (non-hydrogen) atoms. The lowest BCUT2D eigenvalue weighted by Crippen LogP contribution is -2.11. The van der Waals surface area contributed by atoms with Crippen LogP contribution in [0.25, 0.3) is 0 Å². The molecule has 0 heterocycles. The van der Waals surface area contributed by atoms with Gasteiger partial charge in [0.15, 0.2) is 0 Å². The van der Waals surface area contributed by atoms with Gasteiger partial charge in [-0.2, -0.15) is 0 Å². The third kappa shape index (κ3) is 1.74. The Balaban J connectivity index is 2.08. The molecule has 2 N–H and O–H groups in total. The Morgan fingerprint density at radius 2 is 1.85 bits per heavy atom. The minimum Gasteiger partial charge on any atom is -0.427 e. The van der Waals surface area contributed by atoms with Crippen LogP contribution in [0.3, 0.4) is 0 Å². The standard InChI is InChI=1S/C9H10BFO2/c11-7-3-1-6(2-4-7)8-5-9(8)10(12)13/h1-4,8-9,12-13H,5H2/t8-,9-/m1/s1. The van der Waals surface area contributed by atoms with E-state index in [4.69, 9.17) is 10.0 Å². The Morgan fingerprint density at radius 1 is 1.23 bits per heavy atom. The Labute approximate surface area is 76.2 Å². The molecule has 1 fully saturated rings. The average molecular weight is 180 g/mol. The van der Waals surface area contributed by atoms with Gasteiger partial charge in [0.05, 0.1) is 0 Å². The minimum atomic E-state index is -1.24. The molecule has 0 unspecified atom stereocenters. The minimum absolute atomic E-state index is 0.0644. The van der Waals surface area contributed by atoms with Crippen molar-refractivity contribution in [3.8, 4) is 0 Å². The lowest BCUT2D eigenvalue weighted by molar-refractivity contribution is 0.402. The Kier molecular flexibility index (Phi) is 2.10. The van der Waals surface area contributed by atoms with Crippen molar-refractivity contribution in [1.82, 2.24) is 0 Å². The van der Waals surface area contributed by atoms with Crippen LogP contribution in [0.4, 0.5) is 4.39 Å². The molecule has 2 nitrogen and oxygen atoms in total. The number of hydrogen-bond acceptors (Lipinski definition) is 2. The van der Waals surface area contributed by atoms with Crippen LogP contribution in [-0.2, 0) is 0 Å². The van der Waals surface area contributed by atoms with Crippen molar-refractivity contribution in [3.05, 3.63) is 35.6 Å².